The van der Waals surface area contributed by atoms with E-state index in [4.69, 9.17) is 4.74 Å². The molecule has 1 saturated heterocycles. The zero-order valence-electron chi connectivity index (χ0n) is 12.8. The number of rotatable bonds is 2. The van der Waals surface area contributed by atoms with Crippen LogP contribution in [0.5, 0.6) is 0 Å². The van der Waals surface area contributed by atoms with Gasteiger partial charge in [-0.2, -0.15) is 0 Å². The highest BCUT2D eigenvalue weighted by molar-refractivity contribution is 5.00. The molecular formula is C15H30N2O. The van der Waals surface area contributed by atoms with Crippen LogP contribution in [0.25, 0.3) is 0 Å². The monoisotopic (exact) mass is 254 g/mol. The molecule has 1 aliphatic carbocycles. The molecular weight excluding hydrogens is 224 g/mol. The third kappa shape index (κ3) is 3.06. The smallest absolute Gasteiger partial charge is 0.0586 e. The molecule has 0 amide bonds. The van der Waals surface area contributed by atoms with E-state index in [0.29, 0.717) is 12.1 Å². The van der Waals surface area contributed by atoms with Crippen LogP contribution in [0.3, 0.4) is 0 Å². The first-order valence-electron chi connectivity index (χ1n) is 7.39. The molecule has 2 fully saturated rings. The summed E-state index contributed by atoms with van der Waals surface area (Å²) < 4.78 is 5.59. The summed E-state index contributed by atoms with van der Waals surface area (Å²) in [4.78, 5) is 2.73. The van der Waals surface area contributed by atoms with Gasteiger partial charge in [0.15, 0.2) is 0 Å². The number of piperazine rings is 1. The lowest BCUT2D eigenvalue weighted by Gasteiger charge is -2.54. The molecule has 1 saturated carbocycles. The predicted molar refractivity (Wildman–Crippen MR) is 75.9 cm³/mol. The predicted octanol–water partition coefficient (Wildman–Crippen LogP) is 2.41. The molecule has 1 heterocycles. The van der Waals surface area contributed by atoms with Crippen LogP contribution in [-0.4, -0.2) is 48.3 Å². The summed E-state index contributed by atoms with van der Waals surface area (Å²) in [5.41, 5.74) is 0.491. The van der Waals surface area contributed by atoms with Crippen LogP contribution in [0.15, 0.2) is 0 Å². The van der Waals surface area contributed by atoms with Gasteiger partial charge in [-0.1, -0.05) is 0 Å². The van der Waals surface area contributed by atoms with Crippen molar-refractivity contribution in [2.75, 3.05) is 20.2 Å². The van der Waals surface area contributed by atoms with Gasteiger partial charge in [-0.15, -0.1) is 0 Å². The molecule has 0 aromatic carbocycles. The summed E-state index contributed by atoms with van der Waals surface area (Å²) in [6.45, 7) is 11.6. The van der Waals surface area contributed by atoms with Gasteiger partial charge in [0.25, 0.3) is 0 Å². The van der Waals surface area contributed by atoms with E-state index in [1.54, 1.807) is 0 Å². The van der Waals surface area contributed by atoms with Gasteiger partial charge in [-0.05, 0) is 53.4 Å². The quantitative estimate of drug-likeness (QED) is 0.819. The first-order valence-corrected chi connectivity index (χ1v) is 7.39. The number of hydrogen-bond donors (Lipinski definition) is 1. The zero-order chi connectivity index (χ0) is 13.4. The van der Waals surface area contributed by atoms with Gasteiger partial charge < -0.3 is 10.1 Å². The van der Waals surface area contributed by atoms with Crippen LogP contribution < -0.4 is 5.32 Å². The van der Waals surface area contributed by atoms with Crippen LogP contribution in [0.4, 0.5) is 0 Å². The molecule has 18 heavy (non-hydrogen) atoms. The molecule has 2 atom stereocenters. The van der Waals surface area contributed by atoms with E-state index in [2.05, 4.69) is 37.9 Å². The number of nitrogens with zero attached hydrogens (tertiary/aromatic N) is 1. The lowest BCUT2D eigenvalue weighted by Crippen LogP contribution is -2.68. The van der Waals surface area contributed by atoms with Gasteiger partial charge in [0.2, 0.25) is 0 Å². The SMILES string of the molecule is COC1CCCC(N2CC(C)(C)NCC2(C)C)C1. The number of methoxy groups -OCH3 is 1. The van der Waals surface area contributed by atoms with E-state index in [1.165, 1.54) is 25.7 Å². The van der Waals surface area contributed by atoms with Crippen molar-refractivity contribution in [2.45, 2.75) is 76.6 Å². The number of ether oxygens (including phenoxy) is 1. The second-order valence-corrected chi connectivity index (χ2v) is 7.36. The van der Waals surface area contributed by atoms with Gasteiger partial charge in [-0.25, -0.2) is 0 Å². The highest BCUT2D eigenvalue weighted by Crippen LogP contribution is 2.33. The van der Waals surface area contributed by atoms with Gasteiger partial charge >= 0.3 is 0 Å². The Labute approximate surface area is 112 Å². The highest BCUT2D eigenvalue weighted by Gasteiger charge is 2.42. The van der Waals surface area contributed by atoms with Crippen molar-refractivity contribution in [2.24, 2.45) is 0 Å². The summed E-state index contributed by atoms with van der Waals surface area (Å²) >= 11 is 0. The normalized spacial score (nSPS) is 36.5. The summed E-state index contributed by atoms with van der Waals surface area (Å²) in [7, 11) is 1.86. The first-order chi connectivity index (χ1) is 8.34. The maximum atomic E-state index is 5.59. The Morgan fingerprint density at radius 2 is 1.89 bits per heavy atom. The third-order valence-corrected chi connectivity index (χ3v) is 4.72. The zero-order valence-corrected chi connectivity index (χ0v) is 12.8. The maximum absolute atomic E-state index is 5.59. The summed E-state index contributed by atoms with van der Waals surface area (Å²) in [5, 5.41) is 3.67. The van der Waals surface area contributed by atoms with Gasteiger partial charge in [0.1, 0.15) is 0 Å². The third-order valence-electron chi connectivity index (χ3n) is 4.72. The largest absolute Gasteiger partial charge is 0.381 e. The van der Waals surface area contributed by atoms with E-state index < -0.39 is 0 Å². The minimum absolute atomic E-state index is 0.232. The lowest BCUT2D eigenvalue weighted by atomic mass is 9.84. The molecule has 1 aliphatic heterocycles. The number of hydrogen-bond acceptors (Lipinski definition) is 3. The first kappa shape index (κ1) is 14.3. The molecule has 2 aliphatic rings. The lowest BCUT2D eigenvalue weighted by molar-refractivity contribution is -0.0395. The molecule has 3 nitrogen and oxygen atoms in total. The minimum Gasteiger partial charge on any atom is -0.381 e. The highest BCUT2D eigenvalue weighted by atomic mass is 16.5. The van der Waals surface area contributed by atoms with Crippen LogP contribution in [0.1, 0.15) is 53.4 Å². The van der Waals surface area contributed by atoms with E-state index in [1.807, 2.05) is 7.11 Å². The molecule has 2 rings (SSSR count). The average Bonchev–Trinajstić information content (AvgIpc) is 2.33. The molecule has 0 aromatic heterocycles. The molecule has 106 valence electrons. The second-order valence-electron chi connectivity index (χ2n) is 7.36. The van der Waals surface area contributed by atoms with Crippen molar-refractivity contribution in [1.29, 1.82) is 0 Å². The van der Waals surface area contributed by atoms with Crippen molar-refractivity contribution in [1.82, 2.24) is 10.2 Å². The standard InChI is InChI=1S/C15H30N2O/c1-14(2)11-17(15(3,4)10-16-14)12-7-6-8-13(9-12)18-5/h12-13,16H,6-11H2,1-5H3. The summed E-state index contributed by atoms with van der Waals surface area (Å²) in [6, 6.07) is 0.695. The second kappa shape index (κ2) is 5.10. The van der Waals surface area contributed by atoms with Crippen molar-refractivity contribution in [3.05, 3.63) is 0 Å². The van der Waals surface area contributed by atoms with Crippen molar-refractivity contribution < 1.29 is 4.74 Å². The Morgan fingerprint density at radius 3 is 2.56 bits per heavy atom. The fourth-order valence-corrected chi connectivity index (χ4v) is 3.49. The Hall–Kier alpha value is -0.120. The van der Waals surface area contributed by atoms with E-state index in [-0.39, 0.29) is 11.1 Å². The molecule has 0 radical (unpaired) electrons. The molecule has 0 bridgehead atoms. The Bertz CT molecular complexity index is 288. The molecule has 2 unspecified atom stereocenters. The fraction of sp³-hybridized carbons (Fsp3) is 1.00. The Kier molecular flexibility index (Phi) is 4.05. The molecule has 3 heteroatoms. The molecule has 1 N–H and O–H groups in total. The van der Waals surface area contributed by atoms with Crippen LogP contribution in [-0.2, 0) is 4.74 Å². The maximum Gasteiger partial charge on any atom is 0.0586 e. The summed E-state index contributed by atoms with van der Waals surface area (Å²) in [6.07, 6.45) is 5.56. The molecule has 0 spiro atoms. The van der Waals surface area contributed by atoms with Crippen LogP contribution >= 0.6 is 0 Å². The molecule has 0 aromatic rings. The van der Waals surface area contributed by atoms with E-state index in [0.717, 1.165) is 13.1 Å². The van der Waals surface area contributed by atoms with E-state index >= 15 is 0 Å². The average molecular weight is 254 g/mol. The number of nitrogens with one attached hydrogen (secondary N) is 1. The van der Waals surface area contributed by atoms with E-state index in [9.17, 15) is 0 Å². The Morgan fingerprint density at radius 1 is 1.17 bits per heavy atom. The topological polar surface area (TPSA) is 24.5 Å². The fourth-order valence-electron chi connectivity index (χ4n) is 3.49. The van der Waals surface area contributed by atoms with Crippen LogP contribution in [0.2, 0.25) is 0 Å². The van der Waals surface area contributed by atoms with Gasteiger partial charge in [0, 0.05) is 37.3 Å². The van der Waals surface area contributed by atoms with Crippen molar-refractivity contribution in [3.8, 4) is 0 Å². The Balaban J connectivity index is 2.08. The van der Waals surface area contributed by atoms with Crippen molar-refractivity contribution in [3.63, 3.8) is 0 Å². The van der Waals surface area contributed by atoms with Gasteiger partial charge in [-0.3, -0.25) is 4.90 Å². The van der Waals surface area contributed by atoms with Gasteiger partial charge in [0.05, 0.1) is 6.10 Å². The van der Waals surface area contributed by atoms with Crippen molar-refractivity contribution >= 4 is 0 Å². The summed E-state index contributed by atoms with van der Waals surface area (Å²) in [5.74, 6) is 0. The van der Waals surface area contributed by atoms with Crippen LogP contribution in [0, 0.1) is 0 Å². The minimum atomic E-state index is 0.232.